The minimum atomic E-state index is -0.338. The van der Waals surface area contributed by atoms with Crippen LogP contribution in [0.2, 0.25) is 0 Å². The lowest BCUT2D eigenvalue weighted by Crippen LogP contribution is -2.41. The number of fused-ring (bicyclic) bond motifs is 1. The average Bonchev–Trinajstić information content (AvgIpc) is 2.65. The van der Waals surface area contributed by atoms with Crippen molar-refractivity contribution in [3.8, 4) is 0 Å². The van der Waals surface area contributed by atoms with Gasteiger partial charge in [0.05, 0.1) is 5.39 Å². The molecule has 0 radical (unpaired) electrons. The molecular formula is C14H20N4OS. The molecule has 6 heteroatoms. The van der Waals surface area contributed by atoms with E-state index in [1.807, 2.05) is 20.8 Å². The third-order valence-electron chi connectivity index (χ3n) is 3.14. The lowest BCUT2D eigenvalue weighted by molar-refractivity contribution is -0.122. The number of aromatic nitrogens is 2. The zero-order valence-electron chi connectivity index (χ0n) is 12.4. The highest BCUT2D eigenvalue weighted by atomic mass is 32.1. The highest BCUT2D eigenvalue weighted by Crippen LogP contribution is 2.32. The summed E-state index contributed by atoms with van der Waals surface area (Å²) in [6.45, 7) is 9.85. The van der Waals surface area contributed by atoms with Crippen LogP contribution >= 0.6 is 11.3 Å². The first-order chi connectivity index (χ1) is 9.40. The molecule has 1 atom stereocenters. The molecule has 2 heterocycles. The lowest BCUT2D eigenvalue weighted by atomic mass is 10.2. The van der Waals surface area contributed by atoms with Crippen LogP contribution in [0.5, 0.6) is 0 Å². The second-order valence-electron chi connectivity index (χ2n) is 5.21. The Bertz CT molecular complexity index is 635. The summed E-state index contributed by atoms with van der Waals surface area (Å²) in [5, 5.41) is 7.09. The van der Waals surface area contributed by atoms with E-state index in [9.17, 15) is 4.79 Å². The summed E-state index contributed by atoms with van der Waals surface area (Å²) in [4.78, 5) is 22.7. The van der Waals surface area contributed by atoms with E-state index in [2.05, 4.69) is 34.4 Å². The average molecular weight is 292 g/mol. The van der Waals surface area contributed by atoms with Gasteiger partial charge in [0.25, 0.3) is 0 Å². The predicted octanol–water partition coefficient (Wildman–Crippen LogP) is 2.63. The SMILES string of the molecule is Cc1sc2ncnc(NC(C)C(=O)NC(C)C)c2c1C. The Hall–Kier alpha value is -1.69. The fraction of sp³-hybridized carbons (Fsp3) is 0.500. The van der Waals surface area contributed by atoms with Crippen molar-refractivity contribution in [1.82, 2.24) is 15.3 Å². The molecule has 2 aromatic heterocycles. The zero-order valence-corrected chi connectivity index (χ0v) is 13.3. The molecule has 0 aliphatic rings. The van der Waals surface area contributed by atoms with Gasteiger partial charge < -0.3 is 10.6 Å². The predicted molar refractivity (Wildman–Crippen MR) is 83.3 cm³/mol. The topological polar surface area (TPSA) is 66.9 Å². The number of amides is 1. The molecule has 0 fully saturated rings. The van der Waals surface area contributed by atoms with Gasteiger partial charge in [0.1, 0.15) is 23.0 Å². The van der Waals surface area contributed by atoms with Crippen LogP contribution in [-0.4, -0.2) is 28.0 Å². The molecule has 1 amide bonds. The van der Waals surface area contributed by atoms with Gasteiger partial charge in [-0.1, -0.05) is 0 Å². The van der Waals surface area contributed by atoms with E-state index in [1.165, 1.54) is 16.8 Å². The zero-order chi connectivity index (χ0) is 14.9. The van der Waals surface area contributed by atoms with Gasteiger partial charge in [-0.3, -0.25) is 4.79 Å². The molecule has 2 aromatic rings. The summed E-state index contributed by atoms with van der Waals surface area (Å²) < 4.78 is 0. The summed E-state index contributed by atoms with van der Waals surface area (Å²) in [6, 6.07) is -0.211. The van der Waals surface area contributed by atoms with E-state index >= 15 is 0 Å². The number of hydrogen-bond donors (Lipinski definition) is 2. The minimum Gasteiger partial charge on any atom is -0.358 e. The first kappa shape index (κ1) is 14.7. The number of carbonyl (C=O) groups excluding carboxylic acids is 1. The maximum atomic E-state index is 12.0. The van der Waals surface area contributed by atoms with Gasteiger partial charge in [0.2, 0.25) is 5.91 Å². The molecule has 0 aromatic carbocycles. The van der Waals surface area contributed by atoms with E-state index in [1.54, 1.807) is 11.3 Å². The first-order valence-corrected chi connectivity index (χ1v) is 7.49. The van der Waals surface area contributed by atoms with Crippen molar-refractivity contribution < 1.29 is 4.79 Å². The summed E-state index contributed by atoms with van der Waals surface area (Å²) in [5.41, 5.74) is 1.17. The van der Waals surface area contributed by atoms with E-state index in [0.717, 1.165) is 16.0 Å². The molecule has 0 saturated heterocycles. The summed E-state index contributed by atoms with van der Waals surface area (Å²) in [7, 11) is 0. The van der Waals surface area contributed by atoms with Crippen LogP contribution in [0.3, 0.4) is 0 Å². The summed E-state index contributed by atoms with van der Waals surface area (Å²) >= 11 is 1.65. The molecule has 0 spiro atoms. The van der Waals surface area contributed by atoms with Crippen molar-refractivity contribution in [2.45, 2.75) is 46.7 Å². The molecule has 0 saturated carbocycles. The molecule has 5 nitrogen and oxygen atoms in total. The molecular weight excluding hydrogens is 272 g/mol. The molecule has 2 N–H and O–H groups in total. The number of anilines is 1. The minimum absolute atomic E-state index is 0.0311. The Kier molecular flexibility index (Phi) is 4.23. The van der Waals surface area contributed by atoms with Gasteiger partial charge in [-0.2, -0.15) is 0 Å². The number of nitrogens with one attached hydrogen (secondary N) is 2. The Morgan fingerprint density at radius 3 is 2.60 bits per heavy atom. The van der Waals surface area contributed by atoms with Crippen molar-refractivity contribution in [3.05, 3.63) is 16.8 Å². The van der Waals surface area contributed by atoms with Crippen molar-refractivity contribution in [2.24, 2.45) is 0 Å². The van der Waals surface area contributed by atoms with Crippen LogP contribution < -0.4 is 10.6 Å². The third kappa shape index (κ3) is 2.90. The van der Waals surface area contributed by atoms with Crippen molar-refractivity contribution in [1.29, 1.82) is 0 Å². The standard InChI is InChI=1S/C14H20N4OS/c1-7(2)17-13(19)9(4)18-12-11-8(3)10(5)20-14(11)16-6-15-12/h6-7,9H,1-5H3,(H,17,19)(H,15,16,18). The Morgan fingerprint density at radius 1 is 1.25 bits per heavy atom. The number of rotatable bonds is 4. The molecule has 20 heavy (non-hydrogen) atoms. The first-order valence-electron chi connectivity index (χ1n) is 6.67. The van der Waals surface area contributed by atoms with Crippen LogP contribution in [0.25, 0.3) is 10.2 Å². The van der Waals surface area contributed by atoms with E-state index in [-0.39, 0.29) is 18.0 Å². The van der Waals surface area contributed by atoms with Gasteiger partial charge in [0, 0.05) is 10.9 Å². The maximum Gasteiger partial charge on any atom is 0.242 e. The fourth-order valence-corrected chi connectivity index (χ4v) is 2.97. The van der Waals surface area contributed by atoms with Gasteiger partial charge in [0.15, 0.2) is 0 Å². The van der Waals surface area contributed by atoms with Crippen molar-refractivity contribution in [2.75, 3.05) is 5.32 Å². The number of aryl methyl sites for hydroxylation is 2. The number of thiophene rings is 1. The van der Waals surface area contributed by atoms with Gasteiger partial charge in [-0.05, 0) is 40.2 Å². The lowest BCUT2D eigenvalue weighted by Gasteiger charge is -2.17. The molecule has 2 rings (SSSR count). The molecule has 0 aliphatic carbocycles. The number of nitrogens with zero attached hydrogens (tertiary/aromatic N) is 2. The smallest absolute Gasteiger partial charge is 0.242 e. The van der Waals surface area contributed by atoms with Gasteiger partial charge >= 0.3 is 0 Å². The quantitative estimate of drug-likeness (QED) is 0.909. The van der Waals surface area contributed by atoms with Crippen molar-refractivity contribution >= 4 is 33.3 Å². The number of carbonyl (C=O) groups is 1. The van der Waals surface area contributed by atoms with E-state index in [4.69, 9.17) is 0 Å². The number of hydrogen-bond acceptors (Lipinski definition) is 5. The van der Waals surface area contributed by atoms with E-state index < -0.39 is 0 Å². The van der Waals surface area contributed by atoms with Crippen LogP contribution in [0, 0.1) is 13.8 Å². The Balaban J connectivity index is 2.28. The highest BCUT2D eigenvalue weighted by molar-refractivity contribution is 7.18. The molecule has 1 unspecified atom stereocenters. The largest absolute Gasteiger partial charge is 0.358 e. The second-order valence-corrected chi connectivity index (χ2v) is 6.42. The van der Waals surface area contributed by atoms with Crippen LogP contribution in [0.15, 0.2) is 6.33 Å². The van der Waals surface area contributed by atoms with Gasteiger partial charge in [-0.25, -0.2) is 9.97 Å². The maximum absolute atomic E-state index is 12.0. The monoisotopic (exact) mass is 292 g/mol. The molecule has 0 bridgehead atoms. The molecule has 108 valence electrons. The van der Waals surface area contributed by atoms with Crippen LogP contribution in [-0.2, 0) is 4.79 Å². The Labute approximate surface area is 122 Å². The second kappa shape index (κ2) is 5.75. The van der Waals surface area contributed by atoms with Crippen LogP contribution in [0.4, 0.5) is 5.82 Å². The summed E-state index contributed by atoms with van der Waals surface area (Å²) in [6.07, 6.45) is 1.53. The van der Waals surface area contributed by atoms with Gasteiger partial charge in [-0.15, -0.1) is 11.3 Å². The van der Waals surface area contributed by atoms with Crippen molar-refractivity contribution in [3.63, 3.8) is 0 Å². The molecule has 0 aliphatic heterocycles. The van der Waals surface area contributed by atoms with Crippen LogP contribution in [0.1, 0.15) is 31.2 Å². The summed E-state index contributed by atoms with van der Waals surface area (Å²) in [5.74, 6) is 0.694. The highest BCUT2D eigenvalue weighted by Gasteiger charge is 2.17. The fourth-order valence-electron chi connectivity index (χ4n) is 1.97. The van der Waals surface area contributed by atoms with E-state index in [0.29, 0.717) is 0 Å². The Morgan fingerprint density at radius 2 is 1.95 bits per heavy atom. The normalized spacial score (nSPS) is 12.7. The third-order valence-corrected chi connectivity index (χ3v) is 4.26.